The molecule has 0 radical (unpaired) electrons. The molecular formula is C20H20BrNO6S. The topological polar surface area (TPSA) is 82.1 Å². The number of halogens is 1. The first-order valence-electron chi connectivity index (χ1n) is 8.46. The number of ether oxygens (including phenoxy) is 3. The monoisotopic (exact) mass is 481 g/mol. The third-order valence-electron chi connectivity index (χ3n) is 3.46. The fourth-order valence-corrected chi connectivity index (χ4v) is 3.60. The molecule has 1 aromatic rings. The van der Waals surface area contributed by atoms with Crippen LogP contribution in [-0.4, -0.2) is 47.9 Å². The summed E-state index contributed by atoms with van der Waals surface area (Å²) in [6.45, 7) is 4.76. The highest BCUT2D eigenvalue weighted by Gasteiger charge is 2.37. The Labute approximate surface area is 181 Å². The van der Waals surface area contributed by atoms with E-state index in [1.807, 2.05) is 0 Å². The first kappa shape index (κ1) is 22.8. The summed E-state index contributed by atoms with van der Waals surface area (Å²) < 4.78 is 16.5. The summed E-state index contributed by atoms with van der Waals surface area (Å²) in [4.78, 5) is 37.8. The Morgan fingerprint density at radius 2 is 2.00 bits per heavy atom. The highest BCUT2D eigenvalue weighted by Crippen LogP contribution is 2.38. The van der Waals surface area contributed by atoms with E-state index in [9.17, 15) is 14.4 Å². The Bertz CT molecular complexity index is 913. The molecule has 0 unspecified atom stereocenters. The van der Waals surface area contributed by atoms with Crippen molar-refractivity contribution < 1.29 is 28.6 Å². The van der Waals surface area contributed by atoms with Gasteiger partial charge in [-0.05, 0) is 56.3 Å². The van der Waals surface area contributed by atoms with Gasteiger partial charge in [0.15, 0.2) is 11.5 Å². The molecule has 1 fully saturated rings. The third-order valence-corrected chi connectivity index (χ3v) is 5.06. The van der Waals surface area contributed by atoms with Crippen molar-refractivity contribution in [1.29, 1.82) is 0 Å². The lowest BCUT2D eigenvalue weighted by molar-refractivity contribution is -0.156. The molecule has 7 nitrogen and oxygen atoms in total. The quantitative estimate of drug-likeness (QED) is 0.346. The van der Waals surface area contributed by atoms with Crippen molar-refractivity contribution in [3.63, 3.8) is 0 Å². The maximum absolute atomic E-state index is 12.6. The molecule has 1 heterocycles. The molecule has 0 N–H and O–H groups in total. The van der Waals surface area contributed by atoms with E-state index < -0.39 is 29.3 Å². The Morgan fingerprint density at radius 1 is 1.31 bits per heavy atom. The molecule has 0 saturated carbocycles. The zero-order chi connectivity index (χ0) is 21.8. The van der Waals surface area contributed by atoms with Gasteiger partial charge in [0.05, 0.1) is 12.0 Å². The van der Waals surface area contributed by atoms with Crippen molar-refractivity contribution in [2.45, 2.75) is 26.4 Å². The summed E-state index contributed by atoms with van der Waals surface area (Å²) in [6, 6.07) is 3.31. The molecule has 154 valence electrons. The van der Waals surface area contributed by atoms with Gasteiger partial charge in [0.25, 0.3) is 11.1 Å². The summed E-state index contributed by atoms with van der Waals surface area (Å²) in [7, 11) is 1.48. The average Bonchev–Trinajstić information content (AvgIpc) is 2.87. The zero-order valence-electron chi connectivity index (χ0n) is 16.4. The first-order valence-corrected chi connectivity index (χ1v) is 10.1. The predicted octanol–water partition coefficient (Wildman–Crippen LogP) is 3.85. The lowest BCUT2D eigenvalue weighted by atomic mass is 10.2. The number of carbonyl (C=O) groups excluding carboxylic acids is 3. The maximum Gasteiger partial charge on any atom is 0.326 e. The van der Waals surface area contributed by atoms with Crippen molar-refractivity contribution in [2.75, 3.05) is 20.3 Å². The maximum atomic E-state index is 12.6. The number of hydrogen-bond acceptors (Lipinski definition) is 7. The van der Waals surface area contributed by atoms with E-state index in [0.29, 0.717) is 21.5 Å². The zero-order valence-corrected chi connectivity index (χ0v) is 18.8. The van der Waals surface area contributed by atoms with E-state index in [4.69, 9.17) is 20.6 Å². The van der Waals surface area contributed by atoms with Crippen LogP contribution >= 0.6 is 27.7 Å². The Morgan fingerprint density at radius 3 is 2.59 bits per heavy atom. The Balaban J connectivity index is 2.25. The summed E-state index contributed by atoms with van der Waals surface area (Å²) >= 11 is 4.16. The van der Waals surface area contributed by atoms with E-state index in [2.05, 4.69) is 21.9 Å². The van der Waals surface area contributed by atoms with Crippen LogP contribution in [0, 0.1) is 12.3 Å². The minimum Gasteiger partial charge on any atom is -0.493 e. The van der Waals surface area contributed by atoms with Crippen molar-refractivity contribution in [3.05, 3.63) is 27.1 Å². The van der Waals surface area contributed by atoms with E-state index >= 15 is 0 Å². The molecule has 1 aliphatic rings. The smallest absolute Gasteiger partial charge is 0.326 e. The molecule has 0 bridgehead atoms. The number of methoxy groups -OCH3 is 1. The second-order valence-corrected chi connectivity index (χ2v) is 8.72. The predicted molar refractivity (Wildman–Crippen MR) is 114 cm³/mol. The SMILES string of the molecule is C#CCOc1cc(Br)c(C=C2SC(=O)N(CC(=O)OC(C)(C)C)C2=O)cc1OC. The second kappa shape index (κ2) is 9.37. The van der Waals surface area contributed by atoms with Crippen molar-refractivity contribution in [3.8, 4) is 23.8 Å². The summed E-state index contributed by atoms with van der Waals surface area (Å²) in [6.07, 6.45) is 6.75. The Kier molecular flexibility index (Phi) is 7.38. The molecule has 1 saturated heterocycles. The number of nitrogens with zero attached hydrogens (tertiary/aromatic N) is 1. The lowest BCUT2D eigenvalue weighted by Crippen LogP contribution is -2.37. The van der Waals surface area contributed by atoms with Crippen molar-refractivity contribution in [1.82, 2.24) is 4.90 Å². The number of thioether (sulfide) groups is 1. The van der Waals surface area contributed by atoms with Crippen LogP contribution in [0.25, 0.3) is 6.08 Å². The number of imide groups is 1. The van der Waals surface area contributed by atoms with Gasteiger partial charge in [-0.1, -0.05) is 21.9 Å². The lowest BCUT2D eigenvalue weighted by Gasteiger charge is -2.21. The van der Waals surface area contributed by atoms with Gasteiger partial charge in [-0.25, -0.2) is 0 Å². The third kappa shape index (κ3) is 6.02. The summed E-state index contributed by atoms with van der Waals surface area (Å²) in [5.41, 5.74) is -0.114. The minimum absolute atomic E-state index is 0.0751. The molecule has 1 aromatic carbocycles. The van der Waals surface area contributed by atoms with Crippen LogP contribution < -0.4 is 9.47 Å². The molecule has 0 spiro atoms. The van der Waals surface area contributed by atoms with Gasteiger partial charge in [-0.15, -0.1) is 6.42 Å². The van der Waals surface area contributed by atoms with E-state index in [1.165, 1.54) is 13.2 Å². The van der Waals surface area contributed by atoms with Crippen LogP contribution in [0.5, 0.6) is 11.5 Å². The molecule has 0 aromatic heterocycles. The van der Waals surface area contributed by atoms with Gasteiger partial charge in [-0.3, -0.25) is 19.3 Å². The molecule has 9 heteroatoms. The van der Waals surface area contributed by atoms with Crippen molar-refractivity contribution in [2.24, 2.45) is 0 Å². The molecular weight excluding hydrogens is 462 g/mol. The molecule has 0 atom stereocenters. The van der Waals surface area contributed by atoms with Gasteiger partial charge < -0.3 is 14.2 Å². The number of esters is 1. The second-order valence-electron chi connectivity index (χ2n) is 6.87. The molecule has 2 amide bonds. The van der Waals surface area contributed by atoms with Gasteiger partial charge in [0.1, 0.15) is 18.8 Å². The summed E-state index contributed by atoms with van der Waals surface area (Å²) in [5.74, 6) is 2.01. The van der Waals surface area contributed by atoms with Gasteiger partial charge in [0.2, 0.25) is 0 Å². The van der Waals surface area contributed by atoms with E-state index in [0.717, 1.165) is 16.7 Å². The number of amides is 2. The number of terminal acetylenes is 1. The average molecular weight is 482 g/mol. The fourth-order valence-electron chi connectivity index (χ4n) is 2.33. The van der Waals surface area contributed by atoms with E-state index in [-0.39, 0.29) is 11.5 Å². The van der Waals surface area contributed by atoms with Crippen molar-refractivity contribution >= 4 is 50.9 Å². The Hall–Kier alpha value is -2.44. The van der Waals surface area contributed by atoms with Crippen LogP contribution in [0.15, 0.2) is 21.5 Å². The molecule has 0 aliphatic carbocycles. The van der Waals surface area contributed by atoms with Crippen LogP contribution in [0.1, 0.15) is 26.3 Å². The number of benzene rings is 1. The van der Waals surface area contributed by atoms with Gasteiger partial charge in [-0.2, -0.15) is 0 Å². The largest absolute Gasteiger partial charge is 0.493 e. The van der Waals surface area contributed by atoms with Crippen LogP contribution in [0.4, 0.5) is 4.79 Å². The molecule has 29 heavy (non-hydrogen) atoms. The van der Waals surface area contributed by atoms with Crippen LogP contribution in [0.2, 0.25) is 0 Å². The van der Waals surface area contributed by atoms with Gasteiger partial charge in [0, 0.05) is 4.47 Å². The highest BCUT2D eigenvalue weighted by atomic mass is 79.9. The van der Waals surface area contributed by atoms with E-state index in [1.54, 1.807) is 32.9 Å². The molecule has 2 rings (SSSR count). The summed E-state index contributed by atoms with van der Waals surface area (Å²) in [5, 5.41) is -0.538. The van der Waals surface area contributed by atoms with Crippen LogP contribution in [0.3, 0.4) is 0 Å². The number of hydrogen-bond donors (Lipinski definition) is 0. The minimum atomic E-state index is -0.709. The normalized spacial score (nSPS) is 15.4. The van der Waals surface area contributed by atoms with Crippen LogP contribution in [-0.2, 0) is 14.3 Å². The molecule has 1 aliphatic heterocycles. The van der Waals surface area contributed by atoms with Gasteiger partial charge >= 0.3 is 5.97 Å². The number of rotatable bonds is 6. The fraction of sp³-hybridized carbons (Fsp3) is 0.350. The highest BCUT2D eigenvalue weighted by molar-refractivity contribution is 9.10. The first-order chi connectivity index (χ1) is 13.6. The number of carbonyl (C=O) groups is 3. The standard InChI is InChI=1S/C20H20BrNO6S/c1-6-7-27-15-10-13(21)12(8-14(15)26-5)9-16-18(24)22(19(25)29-16)11-17(23)28-20(2,3)4/h1,8-10H,7,11H2,2-5H3.